The zero-order chi connectivity index (χ0) is 23.3. The fraction of sp³-hybridized carbons (Fsp3) is 0.269. The molecular formula is C26H29N7O. The summed E-state index contributed by atoms with van der Waals surface area (Å²) < 4.78 is 0. The van der Waals surface area contributed by atoms with Gasteiger partial charge < -0.3 is 16.0 Å². The molecule has 1 aliphatic rings. The van der Waals surface area contributed by atoms with Gasteiger partial charge in [-0.2, -0.15) is 0 Å². The lowest BCUT2D eigenvalue weighted by atomic mass is 10.2. The Hall–Kier alpha value is -3.75. The van der Waals surface area contributed by atoms with E-state index in [4.69, 9.17) is 5.73 Å². The van der Waals surface area contributed by atoms with Crippen LogP contribution in [0.4, 0.5) is 5.82 Å². The number of anilines is 1. The lowest BCUT2D eigenvalue weighted by Gasteiger charge is -2.34. The number of primary amides is 1. The lowest BCUT2D eigenvalue weighted by Crippen LogP contribution is -2.47. The van der Waals surface area contributed by atoms with E-state index in [0.29, 0.717) is 16.9 Å². The highest BCUT2D eigenvalue weighted by Crippen LogP contribution is 2.27. The molecule has 174 valence electrons. The SMILES string of the molecule is NC(=O)c1cccc2[nH]c(-c3cccnc3NCCN3CCN(Cc4ccccc4)CC3)nc12. The minimum Gasteiger partial charge on any atom is -0.368 e. The molecule has 2 aromatic carbocycles. The second-order valence-electron chi connectivity index (χ2n) is 8.58. The number of para-hydroxylation sites is 1. The van der Waals surface area contributed by atoms with Gasteiger partial charge in [-0.1, -0.05) is 36.4 Å². The third-order valence-corrected chi connectivity index (χ3v) is 6.28. The summed E-state index contributed by atoms with van der Waals surface area (Å²) in [4.78, 5) is 29.2. The van der Waals surface area contributed by atoms with Gasteiger partial charge >= 0.3 is 0 Å². The molecule has 1 saturated heterocycles. The number of hydrogen-bond donors (Lipinski definition) is 3. The fourth-order valence-corrected chi connectivity index (χ4v) is 4.44. The number of hydrogen-bond acceptors (Lipinski definition) is 6. The molecule has 0 atom stereocenters. The van der Waals surface area contributed by atoms with Crippen LogP contribution in [0.3, 0.4) is 0 Å². The van der Waals surface area contributed by atoms with Crippen molar-refractivity contribution in [2.75, 3.05) is 44.6 Å². The normalized spacial score (nSPS) is 14.9. The molecule has 0 radical (unpaired) electrons. The van der Waals surface area contributed by atoms with Crippen molar-refractivity contribution in [2.45, 2.75) is 6.54 Å². The van der Waals surface area contributed by atoms with Crippen molar-refractivity contribution < 1.29 is 4.79 Å². The zero-order valence-electron chi connectivity index (χ0n) is 19.1. The molecular weight excluding hydrogens is 426 g/mol. The first-order valence-electron chi connectivity index (χ1n) is 11.6. The van der Waals surface area contributed by atoms with Crippen LogP contribution in [-0.2, 0) is 6.54 Å². The predicted molar refractivity (Wildman–Crippen MR) is 134 cm³/mol. The quantitative estimate of drug-likeness (QED) is 0.377. The molecule has 8 heteroatoms. The van der Waals surface area contributed by atoms with Gasteiger partial charge in [0.15, 0.2) is 0 Å². The Morgan fingerprint density at radius 3 is 2.56 bits per heavy atom. The molecule has 3 heterocycles. The number of nitrogens with zero attached hydrogens (tertiary/aromatic N) is 4. The summed E-state index contributed by atoms with van der Waals surface area (Å²) in [6.07, 6.45) is 1.77. The summed E-state index contributed by atoms with van der Waals surface area (Å²) in [6, 6.07) is 19.9. The second kappa shape index (κ2) is 10.0. The summed E-state index contributed by atoms with van der Waals surface area (Å²) in [5.74, 6) is 0.941. The Morgan fingerprint density at radius 1 is 0.971 bits per heavy atom. The van der Waals surface area contributed by atoms with Gasteiger partial charge in [-0.05, 0) is 29.8 Å². The number of rotatable bonds is 8. The standard InChI is InChI=1S/C26H29N7O/c27-24(34)20-8-4-10-22-23(20)31-26(30-22)21-9-5-11-28-25(21)29-12-13-32-14-16-33(17-15-32)18-19-6-2-1-3-7-19/h1-11H,12-18H2,(H2,27,34)(H,28,29)(H,30,31). The maximum absolute atomic E-state index is 11.8. The molecule has 1 amide bonds. The van der Waals surface area contributed by atoms with Gasteiger partial charge in [0.05, 0.1) is 16.6 Å². The molecule has 0 aliphatic carbocycles. The molecule has 5 rings (SSSR count). The number of fused-ring (bicyclic) bond motifs is 1. The monoisotopic (exact) mass is 455 g/mol. The molecule has 0 unspecified atom stereocenters. The molecule has 4 N–H and O–H groups in total. The van der Waals surface area contributed by atoms with Crippen molar-refractivity contribution >= 4 is 22.8 Å². The van der Waals surface area contributed by atoms with Crippen molar-refractivity contribution in [1.82, 2.24) is 24.8 Å². The Kier molecular flexibility index (Phi) is 6.51. The Bertz CT molecular complexity index is 1260. The topological polar surface area (TPSA) is 103 Å². The van der Waals surface area contributed by atoms with Crippen molar-refractivity contribution in [3.63, 3.8) is 0 Å². The number of aromatic amines is 1. The average molecular weight is 456 g/mol. The highest BCUT2D eigenvalue weighted by molar-refractivity contribution is 6.04. The van der Waals surface area contributed by atoms with Gasteiger partial charge in [0, 0.05) is 52.0 Å². The number of pyridine rings is 1. The molecule has 4 aromatic rings. The first-order valence-corrected chi connectivity index (χ1v) is 11.6. The Labute approximate surface area is 198 Å². The zero-order valence-corrected chi connectivity index (χ0v) is 19.1. The fourth-order valence-electron chi connectivity index (χ4n) is 4.44. The summed E-state index contributed by atoms with van der Waals surface area (Å²) >= 11 is 0. The third-order valence-electron chi connectivity index (χ3n) is 6.28. The van der Waals surface area contributed by atoms with E-state index in [1.54, 1.807) is 18.3 Å². The van der Waals surface area contributed by atoms with Crippen LogP contribution in [0.25, 0.3) is 22.4 Å². The van der Waals surface area contributed by atoms with Crippen LogP contribution in [0.1, 0.15) is 15.9 Å². The van der Waals surface area contributed by atoms with Crippen LogP contribution in [0.2, 0.25) is 0 Å². The number of nitrogens with two attached hydrogens (primary N) is 1. The molecule has 8 nitrogen and oxygen atoms in total. The first-order chi connectivity index (χ1) is 16.7. The molecule has 2 aromatic heterocycles. The van der Waals surface area contributed by atoms with Crippen molar-refractivity contribution in [3.05, 3.63) is 78.0 Å². The van der Waals surface area contributed by atoms with E-state index in [1.807, 2.05) is 18.2 Å². The number of benzene rings is 2. The minimum absolute atomic E-state index is 0.407. The highest BCUT2D eigenvalue weighted by Gasteiger charge is 2.18. The smallest absolute Gasteiger partial charge is 0.250 e. The molecule has 0 bridgehead atoms. The third kappa shape index (κ3) is 4.93. The maximum Gasteiger partial charge on any atom is 0.250 e. The van der Waals surface area contributed by atoms with Crippen molar-refractivity contribution in [1.29, 1.82) is 0 Å². The van der Waals surface area contributed by atoms with E-state index < -0.39 is 5.91 Å². The van der Waals surface area contributed by atoms with Gasteiger partial charge in [0.2, 0.25) is 0 Å². The van der Waals surface area contributed by atoms with E-state index in [1.165, 1.54) is 5.56 Å². The molecule has 0 saturated carbocycles. The van der Waals surface area contributed by atoms with Crippen molar-refractivity contribution in [3.8, 4) is 11.4 Å². The van der Waals surface area contributed by atoms with Gasteiger partial charge in [-0.25, -0.2) is 9.97 Å². The summed E-state index contributed by atoms with van der Waals surface area (Å²) in [5.41, 5.74) is 9.51. The molecule has 1 aliphatic heterocycles. The van der Waals surface area contributed by atoms with Gasteiger partial charge in [-0.3, -0.25) is 14.6 Å². The number of carbonyl (C=O) groups is 1. The number of amides is 1. The van der Waals surface area contributed by atoms with Crippen LogP contribution < -0.4 is 11.1 Å². The van der Waals surface area contributed by atoms with E-state index in [9.17, 15) is 4.79 Å². The molecule has 34 heavy (non-hydrogen) atoms. The Morgan fingerprint density at radius 2 is 1.76 bits per heavy atom. The van der Waals surface area contributed by atoms with E-state index >= 15 is 0 Å². The minimum atomic E-state index is -0.489. The summed E-state index contributed by atoms with van der Waals surface area (Å²) in [5, 5.41) is 3.47. The van der Waals surface area contributed by atoms with Gasteiger partial charge in [0.25, 0.3) is 5.91 Å². The first kappa shape index (κ1) is 22.1. The number of imidazole rings is 1. The van der Waals surface area contributed by atoms with E-state index in [0.717, 1.165) is 62.7 Å². The van der Waals surface area contributed by atoms with Crippen LogP contribution >= 0.6 is 0 Å². The van der Waals surface area contributed by atoms with Crippen molar-refractivity contribution in [2.24, 2.45) is 5.73 Å². The number of H-pyrrole nitrogens is 1. The number of nitrogens with one attached hydrogen (secondary N) is 2. The second-order valence-corrected chi connectivity index (χ2v) is 8.58. The molecule has 0 spiro atoms. The number of aromatic nitrogens is 3. The number of carbonyl (C=O) groups excluding carboxylic acids is 1. The average Bonchev–Trinajstić information content (AvgIpc) is 3.30. The molecule has 1 fully saturated rings. The van der Waals surface area contributed by atoms with Crippen LogP contribution in [0.15, 0.2) is 66.9 Å². The number of piperazine rings is 1. The largest absolute Gasteiger partial charge is 0.368 e. The van der Waals surface area contributed by atoms with Crippen LogP contribution in [-0.4, -0.2) is 69.9 Å². The lowest BCUT2D eigenvalue weighted by molar-refractivity contribution is 0.100. The van der Waals surface area contributed by atoms with Gasteiger partial charge in [-0.15, -0.1) is 0 Å². The van der Waals surface area contributed by atoms with E-state index in [-0.39, 0.29) is 0 Å². The highest BCUT2D eigenvalue weighted by atomic mass is 16.1. The van der Waals surface area contributed by atoms with Gasteiger partial charge in [0.1, 0.15) is 17.2 Å². The summed E-state index contributed by atoms with van der Waals surface area (Å²) in [6.45, 7) is 7.01. The predicted octanol–water partition coefficient (Wildman–Crippen LogP) is 2.95. The van der Waals surface area contributed by atoms with Crippen LogP contribution in [0, 0.1) is 0 Å². The Balaban J connectivity index is 1.19. The summed E-state index contributed by atoms with van der Waals surface area (Å²) in [7, 11) is 0. The maximum atomic E-state index is 11.8. The van der Waals surface area contributed by atoms with Crippen LogP contribution in [0.5, 0.6) is 0 Å². The van der Waals surface area contributed by atoms with E-state index in [2.05, 4.69) is 60.4 Å².